The topological polar surface area (TPSA) is 127 Å². The van der Waals surface area contributed by atoms with Crippen molar-refractivity contribution in [1.29, 1.82) is 0 Å². The second-order valence-corrected chi connectivity index (χ2v) is 7.84. The van der Waals surface area contributed by atoms with Gasteiger partial charge in [0.2, 0.25) is 28.7 Å². The highest BCUT2D eigenvalue weighted by Crippen LogP contribution is 2.09. The molecule has 0 aliphatic heterocycles. The van der Waals surface area contributed by atoms with Crippen molar-refractivity contribution in [3.05, 3.63) is 0 Å². The van der Waals surface area contributed by atoms with E-state index >= 15 is 0 Å². The molecule has 0 amide bonds. The first kappa shape index (κ1) is 27.3. The minimum Gasteiger partial charge on any atom is -0.354 e. The fourth-order valence-corrected chi connectivity index (χ4v) is 3.31. The second-order valence-electron chi connectivity index (χ2n) is 7.01. The highest BCUT2D eigenvalue weighted by Gasteiger charge is 2.07. The van der Waals surface area contributed by atoms with Gasteiger partial charge in [0, 0.05) is 26.2 Å². The molecule has 12 heteroatoms. The van der Waals surface area contributed by atoms with E-state index in [1.54, 1.807) is 0 Å². The molecule has 0 aliphatic carbocycles. The zero-order chi connectivity index (χ0) is 22.9. The molecule has 0 atom stereocenters. The Morgan fingerprint density at radius 1 is 0.645 bits per heavy atom. The highest BCUT2D eigenvalue weighted by atomic mass is 32.2. The van der Waals surface area contributed by atoms with Gasteiger partial charge in [0.15, 0.2) is 0 Å². The summed E-state index contributed by atoms with van der Waals surface area (Å²) < 4.78 is 23.6. The first-order valence-electron chi connectivity index (χ1n) is 11.3. The van der Waals surface area contributed by atoms with Crippen LogP contribution in [-0.2, 0) is 10.9 Å². The molecule has 0 spiro atoms. The van der Waals surface area contributed by atoms with Crippen molar-refractivity contribution in [2.75, 3.05) is 81.4 Å². The van der Waals surface area contributed by atoms with Crippen LogP contribution in [0.3, 0.4) is 0 Å². The third kappa shape index (κ3) is 12.6. The van der Waals surface area contributed by atoms with Gasteiger partial charge in [0.25, 0.3) is 0 Å². The van der Waals surface area contributed by atoms with E-state index in [9.17, 15) is 8.42 Å². The van der Waals surface area contributed by atoms with E-state index in [0.29, 0.717) is 24.4 Å². The van der Waals surface area contributed by atoms with Crippen molar-refractivity contribution >= 4 is 28.7 Å². The molecule has 11 nitrogen and oxygen atoms in total. The van der Waals surface area contributed by atoms with Crippen LogP contribution in [0.15, 0.2) is 0 Å². The van der Waals surface area contributed by atoms with E-state index in [2.05, 4.69) is 73.1 Å². The summed E-state index contributed by atoms with van der Waals surface area (Å²) in [5, 5.41) is 9.60. The number of anilines is 3. The molecule has 0 aromatic carbocycles. The molecule has 0 aliphatic rings. The van der Waals surface area contributed by atoms with Gasteiger partial charge in [0.05, 0.1) is 0 Å². The van der Waals surface area contributed by atoms with Gasteiger partial charge in [-0.15, -0.1) is 0 Å². The van der Waals surface area contributed by atoms with Gasteiger partial charge >= 0.3 is 0 Å². The molecule has 0 bridgehead atoms. The van der Waals surface area contributed by atoms with E-state index in [-0.39, 0.29) is 6.54 Å². The zero-order valence-electron chi connectivity index (χ0n) is 19.5. The lowest BCUT2D eigenvalue weighted by molar-refractivity contribution is 0.303. The summed E-state index contributed by atoms with van der Waals surface area (Å²) in [6, 6.07) is 0. The number of thiol groups is 1. The van der Waals surface area contributed by atoms with Crippen LogP contribution < -0.4 is 20.7 Å². The quantitative estimate of drug-likeness (QED) is 0.149. The van der Waals surface area contributed by atoms with E-state index in [4.69, 9.17) is 0 Å². The lowest BCUT2D eigenvalue weighted by Crippen LogP contribution is -2.26. The van der Waals surface area contributed by atoms with Crippen molar-refractivity contribution in [2.45, 2.75) is 40.5 Å². The van der Waals surface area contributed by atoms with E-state index in [1.165, 1.54) is 0 Å². The maximum absolute atomic E-state index is 10.6. The van der Waals surface area contributed by atoms with Crippen molar-refractivity contribution in [2.24, 2.45) is 0 Å². The van der Waals surface area contributed by atoms with Gasteiger partial charge in [-0.1, -0.05) is 27.7 Å². The lowest BCUT2D eigenvalue weighted by Gasteiger charge is -2.18. The lowest BCUT2D eigenvalue weighted by atomic mass is 10.3. The van der Waals surface area contributed by atoms with Gasteiger partial charge in [-0.25, -0.2) is 13.1 Å². The molecule has 180 valence electrons. The second kappa shape index (κ2) is 16.9. The fourth-order valence-electron chi connectivity index (χ4n) is 3.02. The summed E-state index contributed by atoms with van der Waals surface area (Å²) in [7, 11) is -2.61. The van der Waals surface area contributed by atoms with Crippen molar-refractivity contribution in [3.63, 3.8) is 0 Å². The Hall–Kier alpha value is -1.76. The van der Waals surface area contributed by atoms with Crippen LogP contribution in [0.1, 0.15) is 40.5 Å². The van der Waals surface area contributed by atoms with Gasteiger partial charge in [-0.05, 0) is 52.1 Å². The van der Waals surface area contributed by atoms with Crippen LogP contribution in [0.2, 0.25) is 0 Å². The van der Waals surface area contributed by atoms with Crippen molar-refractivity contribution in [3.8, 4) is 0 Å². The first-order chi connectivity index (χ1) is 15.0. The number of aromatic nitrogens is 3. The molecule has 0 fully saturated rings. The molecule has 31 heavy (non-hydrogen) atoms. The van der Waals surface area contributed by atoms with Crippen LogP contribution in [0.5, 0.6) is 0 Å². The highest BCUT2D eigenvalue weighted by molar-refractivity contribution is 7.70. The van der Waals surface area contributed by atoms with Crippen LogP contribution >= 0.6 is 0 Å². The van der Waals surface area contributed by atoms with Crippen molar-refractivity contribution < 1.29 is 8.42 Å². The minimum atomic E-state index is -2.61. The Balaban J connectivity index is 2.63. The standard InChI is InChI=1S/C19H41N9O2S/c1-5-27(6-2)15-9-11-20-17-24-18(21-12-10-16-28(7-3)8-4)26-19(25-17)22-13-14-23-31(29)30/h31H,5-16H2,1-4H3,(H,23,29,30)(H3,20,21,22,24,25,26). The molecular formula is C19H41N9O2S. The monoisotopic (exact) mass is 459 g/mol. The molecule has 0 radical (unpaired) electrons. The molecule has 4 N–H and O–H groups in total. The minimum absolute atomic E-state index is 0.268. The summed E-state index contributed by atoms with van der Waals surface area (Å²) in [5.74, 6) is 1.42. The average molecular weight is 460 g/mol. The first-order valence-corrected chi connectivity index (χ1v) is 12.5. The molecule has 1 heterocycles. The Labute approximate surface area is 188 Å². The number of rotatable bonds is 19. The molecule has 1 rings (SSSR count). The van der Waals surface area contributed by atoms with E-state index < -0.39 is 10.9 Å². The summed E-state index contributed by atoms with van der Waals surface area (Å²) >= 11 is 0. The van der Waals surface area contributed by atoms with Crippen LogP contribution in [0, 0.1) is 0 Å². The average Bonchev–Trinajstić information content (AvgIpc) is 2.77. The predicted octanol–water partition coefficient (Wildman–Crippen LogP) is 0.687. The van der Waals surface area contributed by atoms with Gasteiger partial charge in [-0.3, -0.25) is 0 Å². The van der Waals surface area contributed by atoms with E-state index in [1.807, 2.05) is 0 Å². The largest absolute Gasteiger partial charge is 0.354 e. The van der Waals surface area contributed by atoms with Crippen LogP contribution in [0.4, 0.5) is 17.8 Å². The normalized spacial score (nSPS) is 11.5. The SMILES string of the molecule is CCN(CC)CCCNc1nc(NCCCN(CC)CC)nc(NCCN[SH](=O)=O)n1. The number of hydrogen-bond acceptors (Lipinski definition) is 10. The summed E-state index contributed by atoms with van der Waals surface area (Å²) in [6.07, 6.45) is 1.98. The third-order valence-corrected chi connectivity index (χ3v) is 5.42. The molecule has 1 aromatic heterocycles. The molecule has 1 aromatic rings. The smallest absolute Gasteiger partial charge is 0.229 e. The predicted molar refractivity (Wildman–Crippen MR) is 128 cm³/mol. The van der Waals surface area contributed by atoms with Gasteiger partial charge < -0.3 is 25.8 Å². The summed E-state index contributed by atoms with van der Waals surface area (Å²) in [4.78, 5) is 18.0. The Kier molecular flexibility index (Phi) is 14.8. The summed E-state index contributed by atoms with van der Waals surface area (Å²) in [5.41, 5.74) is 0. The molecule has 0 saturated heterocycles. The third-order valence-electron chi connectivity index (χ3n) is 4.94. The Morgan fingerprint density at radius 2 is 1.03 bits per heavy atom. The Bertz CT molecular complexity index is 622. The van der Waals surface area contributed by atoms with Gasteiger partial charge in [-0.2, -0.15) is 15.0 Å². The number of hydrogen-bond donors (Lipinski definition) is 5. The van der Waals surface area contributed by atoms with Crippen LogP contribution in [0.25, 0.3) is 0 Å². The molecular weight excluding hydrogens is 418 g/mol. The van der Waals surface area contributed by atoms with Crippen LogP contribution in [-0.4, -0.2) is 98.6 Å². The molecule has 0 saturated carbocycles. The maximum Gasteiger partial charge on any atom is 0.229 e. The zero-order valence-corrected chi connectivity index (χ0v) is 20.4. The number of nitrogens with zero attached hydrogens (tertiary/aromatic N) is 5. The van der Waals surface area contributed by atoms with Gasteiger partial charge in [0.1, 0.15) is 0 Å². The number of nitrogens with one attached hydrogen (secondary N) is 4. The Morgan fingerprint density at radius 3 is 1.39 bits per heavy atom. The fraction of sp³-hybridized carbons (Fsp3) is 0.842. The maximum atomic E-state index is 10.6. The summed E-state index contributed by atoms with van der Waals surface area (Å²) in [6.45, 7) is 17.0. The van der Waals surface area contributed by atoms with E-state index in [0.717, 1.165) is 65.2 Å². The molecule has 0 unspecified atom stereocenters. The van der Waals surface area contributed by atoms with Crippen molar-refractivity contribution in [1.82, 2.24) is 29.5 Å².